The minimum atomic E-state index is 0.588. The van der Waals surface area contributed by atoms with Crippen LogP contribution < -0.4 is 5.32 Å². The summed E-state index contributed by atoms with van der Waals surface area (Å²) < 4.78 is 5.09. The van der Waals surface area contributed by atoms with Crippen LogP contribution in [0.4, 0.5) is 0 Å². The van der Waals surface area contributed by atoms with Crippen molar-refractivity contribution in [3.63, 3.8) is 0 Å². The van der Waals surface area contributed by atoms with Crippen molar-refractivity contribution in [2.45, 2.75) is 46.2 Å². The van der Waals surface area contributed by atoms with Crippen molar-refractivity contribution < 1.29 is 4.52 Å². The molecule has 0 saturated heterocycles. The van der Waals surface area contributed by atoms with Gasteiger partial charge in [-0.05, 0) is 19.8 Å². The molecule has 0 fully saturated rings. The maximum absolute atomic E-state index is 5.09. The van der Waals surface area contributed by atoms with E-state index in [2.05, 4.69) is 24.3 Å². The highest BCUT2D eigenvalue weighted by Crippen LogP contribution is 2.03. The van der Waals surface area contributed by atoms with Crippen LogP contribution in [0.3, 0.4) is 0 Å². The Hall–Kier alpha value is -0.830. The number of hydrogen-bond acceptors (Lipinski definition) is 3. The predicted molar refractivity (Wildman–Crippen MR) is 52.4 cm³/mol. The van der Waals surface area contributed by atoms with Gasteiger partial charge in [0.2, 0.25) is 0 Å². The predicted octanol–water partition coefficient (Wildman–Crippen LogP) is 2.26. The standard InChI is InChI=1S/C10H18N2O/c1-4-9(5-2)11-7-10-6-8(3)12-13-10/h6,9,11H,4-5,7H2,1-3H3. The van der Waals surface area contributed by atoms with E-state index >= 15 is 0 Å². The average molecular weight is 182 g/mol. The molecule has 0 atom stereocenters. The fraction of sp³-hybridized carbons (Fsp3) is 0.700. The molecule has 0 aliphatic carbocycles. The summed E-state index contributed by atoms with van der Waals surface area (Å²) >= 11 is 0. The molecule has 0 amide bonds. The summed E-state index contributed by atoms with van der Waals surface area (Å²) in [6.07, 6.45) is 2.31. The van der Waals surface area contributed by atoms with Crippen molar-refractivity contribution >= 4 is 0 Å². The van der Waals surface area contributed by atoms with Crippen molar-refractivity contribution in [3.05, 3.63) is 17.5 Å². The topological polar surface area (TPSA) is 38.1 Å². The molecule has 13 heavy (non-hydrogen) atoms. The van der Waals surface area contributed by atoms with Crippen LogP contribution in [-0.2, 0) is 6.54 Å². The zero-order chi connectivity index (χ0) is 9.68. The minimum absolute atomic E-state index is 0.588. The third-order valence-electron chi connectivity index (χ3n) is 2.23. The highest BCUT2D eigenvalue weighted by atomic mass is 16.5. The van der Waals surface area contributed by atoms with Crippen molar-refractivity contribution in [2.75, 3.05) is 0 Å². The molecule has 1 N–H and O–H groups in total. The van der Waals surface area contributed by atoms with Gasteiger partial charge in [-0.15, -0.1) is 0 Å². The van der Waals surface area contributed by atoms with E-state index in [1.165, 1.54) is 0 Å². The first-order valence-corrected chi connectivity index (χ1v) is 4.91. The lowest BCUT2D eigenvalue weighted by molar-refractivity contribution is 0.356. The zero-order valence-corrected chi connectivity index (χ0v) is 8.63. The van der Waals surface area contributed by atoms with Crippen LogP contribution >= 0.6 is 0 Å². The average Bonchev–Trinajstić information content (AvgIpc) is 2.53. The molecule has 1 aromatic rings. The summed E-state index contributed by atoms with van der Waals surface area (Å²) in [5, 5.41) is 7.25. The summed E-state index contributed by atoms with van der Waals surface area (Å²) in [6.45, 7) is 7.09. The van der Waals surface area contributed by atoms with Crippen molar-refractivity contribution in [2.24, 2.45) is 0 Å². The molecule has 0 spiro atoms. The van der Waals surface area contributed by atoms with Gasteiger partial charge in [-0.25, -0.2) is 0 Å². The number of nitrogens with one attached hydrogen (secondary N) is 1. The maximum Gasteiger partial charge on any atom is 0.150 e. The van der Waals surface area contributed by atoms with Crippen LogP contribution in [0.15, 0.2) is 10.6 Å². The fourth-order valence-electron chi connectivity index (χ4n) is 1.32. The second-order valence-electron chi connectivity index (χ2n) is 3.33. The zero-order valence-electron chi connectivity index (χ0n) is 8.63. The Kier molecular flexibility index (Phi) is 3.96. The van der Waals surface area contributed by atoms with Gasteiger partial charge in [-0.2, -0.15) is 0 Å². The lowest BCUT2D eigenvalue weighted by atomic mass is 10.2. The molecule has 0 radical (unpaired) electrons. The van der Waals surface area contributed by atoms with Gasteiger partial charge >= 0.3 is 0 Å². The van der Waals surface area contributed by atoms with Gasteiger partial charge in [0.15, 0.2) is 5.76 Å². The van der Waals surface area contributed by atoms with E-state index in [4.69, 9.17) is 4.52 Å². The van der Waals surface area contributed by atoms with Crippen molar-refractivity contribution in [3.8, 4) is 0 Å². The van der Waals surface area contributed by atoms with Gasteiger partial charge in [0, 0.05) is 12.1 Å². The number of aromatic nitrogens is 1. The van der Waals surface area contributed by atoms with Crippen molar-refractivity contribution in [1.29, 1.82) is 0 Å². The highest BCUT2D eigenvalue weighted by molar-refractivity contribution is 5.02. The van der Waals surface area contributed by atoms with Crippen LogP contribution in [0, 0.1) is 6.92 Å². The van der Waals surface area contributed by atoms with E-state index in [0.29, 0.717) is 6.04 Å². The summed E-state index contributed by atoms with van der Waals surface area (Å²) in [6, 6.07) is 2.56. The van der Waals surface area contributed by atoms with E-state index in [1.807, 2.05) is 13.0 Å². The first-order chi connectivity index (χ1) is 6.26. The molecule has 0 bridgehead atoms. The molecular formula is C10H18N2O. The molecule has 3 nitrogen and oxygen atoms in total. The Morgan fingerprint density at radius 3 is 2.62 bits per heavy atom. The first kappa shape index (κ1) is 10.3. The second kappa shape index (κ2) is 5.02. The van der Waals surface area contributed by atoms with Crippen LogP contribution in [0.5, 0.6) is 0 Å². The normalized spacial score (nSPS) is 11.1. The summed E-state index contributed by atoms with van der Waals surface area (Å²) in [5.74, 6) is 0.921. The summed E-state index contributed by atoms with van der Waals surface area (Å²) in [5.41, 5.74) is 0.946. The van der Waals surface area contributed by atoms with Gasteiger partial charge in [0.1, 0.15) is 0 Å². The summed E-state index contributed by atoms with van der Waals surface area (Å²) in [7, 11) is 0. The Morgan fingerprint density at radius 1 is 1.46 bits per heavy atom. The van der Waals surface area contributed by atoms with E-state index in [1.54, 1.807) is 0 Å². The fourth-order valence-corrected chi connectivity index (χ4v) is 1.32. The molecule has 0 aromatic carbocycles. The molecule has 0 saturated carbocycles. The van der Waals surface area contributed by atoms with E-state index < -0.39 is 0 Å². The third-order valence-corrected chi connectivity index (χ3v) is 2.23. The lowest BCUT2D eigenvalue weighted by Crippen LogP contribution is -2.26. The molecule has 74 valence electrons. The van der Waals surface area contributed by atoms with Gasteiger partial charge in [0.25, 0.3) is 0 Å². The molecule has 0 aliphatic rings. The summed E-state index contributed by atoms with van der Waals surface area (Å²) in [4.78, 5) is 0. The SMILES string of the molecule is CCC(CC)NCc1cc(C)no1. The molecular weight excluding hydrogens is 164 g/mol. The second-order valence-corrected chi connectivity index (χ2v) is 3.33. The third kappa shape index (κ3) is 3.19. The highest BCUT2D eigenvalue weighted by Gasteiger charge is 2.04. The van der Waals surface area contributed by atoms with Crippen molar-refractivity contribution in [1.82, 2.24) is 10.5 Å². The number of aryl methyl sites for hydroxylation is 1. The van der Waals surface area contributed by atoms with Gasteiger partial charge < -0.3 is 9.84 Å². The van der Waals surface area contributed by atoms with Crippen LogP contribution in [0.2, 0.25) is 0 Å². The van der Waals surface area contributed by atoms with Gasteiger partial charge in [-0.1, -0.05) is 19.0 Å². The largest absolute Gasteiger partial charge is 0.360 e. The van der Waals surface area contributed by atoms with Gasteiger partial charge in [0.05, 0.1) is 12.2 Å². The van der Waals surface area contributed by atoms with E-state index in [-0.39, 0.29) is 0 Å². The Morgan fingerprint density at radius 2 is 2.15 bits per heavy atom. The van der Waals surface area contributed by atoms with Crippen LogP contribution in [0.25, 0.3) is 0 Å². The number of nitrogens with zero attached hydrogens (tertiary/aromatic N) is 1. The van der Waals surface area contributed by atoms with Crippen LogP contribution in [-0.4, -0.2) is 11.2 Å². The Labute approximate surface area is 79.5 Å². The molecule has 0 aliphatic heterocycles. The molecule has 1 heterocycles. The lowest BCUT2D eigenvalue weighted by Gasteiger charge is -2.12. The molecule has 0 unspecified atom stereocenters. The smallest absolute Gasteiger partial charge is 0.150 e. The monoisotopic (exact) mass is 182 g/mol. The quantitative estimate of drug-likeness (QED) is 0.759. The van der Waals surface area contributed by atoms with E-state index in [0.717, 1.165) is 30.8 Å². The molecule has 1 aromatic heterocycles. The van der Waals surface area contributed by atoms with E-state index in [9.17, 15) is 0 Å². The molecule has 1 rings (SSSR count). The van der Waals surface area contributed by atoms with Gasteiger partial charge in [-0.3, -0.25) is 0 Å². The molecule has 3 heteroatoms. The van der Waals surface area contributed by atoms with Crippen LogP contribution in [0.1, 0.15) is 38.1 Å². The number of hydrogen-bond donors (Lipinski definition) is 1. The maximum atomic E-state index is 5.09. The number of rotatable bonds is 5. The Bertz CT molecular complexity index is 241. The Balaban J connectivity index is 2.33. The first-order valence-electron chi connectivity index (χ1n) is 4.91. The minimum Gasteiger partial charge on any atom is -0.360 e.